The Morgan fingerprint density at radius 3 is 2.47 bits per heavy atom. The number of benzene rings is 1. The van der Waals surface area contributed by atoms with Gasteiger partial charge in [0, 0.05) is 10.4 Å². The number of hydrogen-bond acceptors (Lipinski definition) is 1. The number of carboxylic acid groups (broad SMARTS) is 1. The smallest absolute Gasteiger partial charge is 0.310 e. The fourth-order valence-corrected chi connectivity index (χ4v) is 1.86. The van der Waals surface area contributed by atoms with Crippen LogP contribution in [0.3, 0.4) is 0 Å². The molecule has 0 bridgehead atoms. The second-order valence-electron chi connectivity index (χ2n) is 3.27. The Kier molecular flexibility index (Phi) is 5.12. The summed E-state index contributed by atoms with van der Waals surface area (Å²) in [4.78, 5) is 11.0. The Morgan fingerprint density at radius 2 is 2.00 bits per heavy atom. The molecule has 1 rings (SSSR count). The van der Waals surface area contributed by atoms with E-state index >= 15 is 0 Å². The SMILES string of the molecule is O=C(O)C(CCCBr)c1ccc(Cl)cc1. The van der Waals surface area contributed by atoms with Crippen molar-refractivity contribution in [3.63, 3.8) is 0 Å². The fourth-order valence-electron chi connectivity index (χ4n) is 1.41. The summed E-state index contributed by atoms with van der Waals surface area (Å²) in [5.41, 5.74) is 0.813. The number of hydrogen-bond donors (Lipinski definition) is 1. The van der Waals surface area contributed by atoms with Crippen molar-refractivity contribution in [1.82, 2.24) is 0 Å². The molecule has 1 N–H and O–H groups in total. The molecule has 82 valence electrons. The van der Waals surface area contributed by atoms with E-state index in [2.05, 4.69) is 15.9 Å². The van der Waals surface area contributed by atoms with Crippen LogP contribution in [-0.2, 0) is 4.79 Å². The topological polar surface area (TPSA) is 37.3 Å². The van der Waals surface area contributed by atoms with Gasteiger partial charge >= 0.3 is 5.97 Å². The Morgan fingerprint density at radius 1 is 1.40 bits per heavy atom. The van der Waals surface area contributed by atoms with Crippen molar-refractivity contribution in [3.8, 4) is 0 Å². The van der Waals surface area contributed by atoms with Gasteiger partial charge in [0.05, 0.1) is 5.92 Å². The molecule has 1 aromatic carbocycles. The first-order valence-corrected chi connectivity index (χ1v) is 6.19. The van der Waals surface area contributed by atoms with Gasteiger partial charge in [-0.1, -0.05) is 39.7 Å². The van der Waals surface area contributed by atoms with E-state index in [9.17, 15) is 4.79 Å². The van der Waals surface area contributed by atoms with Gasteiger partial charge in [-0.2, -0.15) is 0 Å². The van der Waals surface area contributed by atoms with Crippen LogP contribution in [-0.4, -0.2) is 16.4 Å². The molecule has 1 unspecified atom stereocenters. The van der Waals surface area contributed by atoms with Gasteiger partial charge in [0.1, 0.15) is 0 Å². The zero-order valence-electron chi connectivity index (χ0n) is 8.12. The van der Waals surface area contributed by atoms with Gasteiger partial charge in [0.25, 0.3) is 0 Å². The van der Waals surface area contributed by atoms with E-state index < -0.39 is 11.9 Å². The lowest BCUT2D eigenvalue weighted by Gasteiger charge is -2.11. The highest BCUT2D eigenvalue weighted by Gasteiger charge is 2.18. The van der Waals surface area contributed by atoms with Crippen LogP contribution in [0.2, 0.25) is 5.02 Å². The van der Waals surface area contributed by atoms with Crippen LogP contribution in [0.25, 0.3) is 0 Å². The molecule has 4 heteroatoms. The summed E-state index contributed by atoms with van der Waals surface area (Å²) in [7, 11) is 0. The number of carboxylic acids is 1. The van der Waals surface area contributed by atoms with Crippen LogP contribution < -0.4 is 0 Å². The standard InChI is InChI=1S/C11H12BrClO2/c12-7-1-2-10(11(14)15)8-3-5-9(13)6-4-8/h3-6,10H,1-2,7H2,(H,14,15). The van der Waals surface area contributed by atoms with Crippen molar-refractivity contribution in [2.24, 2.45) is 0 Å². The normalized spacial score (nSPS) is 12.4. The minimum absolute atomic E-state index is 0.431. The maximum atomic E-state index is 11.0. The van der Waals surface area contributed by atoms with Crippen molar-refractivity contribution >= 4 is 33.5 Å². The molecule has 0 spiro atoms. The molecular weight excluding hydrogens is 279 g/mol. The number of halogens is 2. The molecule has 0 saturated carbocycles. The van der Waals surface area contributed by atoms with Crippen LogP contribution >= 0.6 is 27.5 Å². The molecule has 0 aliphatic heterocycles. The monoisotopic (exact) mass is 290 g/mol. The number of rotatable bonds is 5. The largest absolute Gasteiger partial charge is 0.481 e. The first-order valence-electron chi connectivity index (χ1n) is 4.69. The number of aliphatic carboxylic acids is 1. The third-order valence-corrected chi connectivity index (χ3v) is 3.01. The van der Waals surface area contributed by atoms with Crippen molar-refractivity contribution < 1.29 is 9.90 Å². The zero-order valence-corrected chi connectivity index (χ0v) is 10.5. The van der Waals surface area contributed by atoms with Crippen molar-refractivity contribution in [2.45, 2.75) is 18.8 Å². The Labute approximate surface area is 102 Å². The second-order valence-corrected chi connectivity index (χ2v) is 4.50. The first-order chi connectivity index (χ1) is 7.15. The molecule has 2 nitrogen and oxygen atoms in total. The highest BCUT2D eigenvalue weighted by Crippen LogP contribution is 2.23. The van der Waals surface area contributed by atoms with Gasteiger partial charge in [-0.05, 0) is 30.5 Å². The molecule has 1 aromatic rings. The molecule has 0 aliphatic rings. The van der Waals surface area contributed by atoms with Crippen LogP contribution in [0.5, 0.6) is 0 Å². The lowest BCUT2D eigenvalue weighted by Crippen LogP contribution is -2.11. The lowest BCUT2D eigenvalue weighted by molar-refractivity contribution is -0.139. The van der Waals surface area contributed by atoms with E-state index in [0.29, 0.717) is 11.4 Å². The summed E-state index contributed by atoms with van der Waals surface area (Å²) < 4.78 is 0. The molecular formula is C11H12BrClO2. The summed E-state index contributed by atoms with van der Waals surface area (Å²) in [6.45, 7) is 0. The maximum Gasteiger partial charge on any atom is 0.310 e. The highest BCUT2D eigenvalue weighted by atomic mass is 79.9. The Balaban J connectivity index is 2.79. The number of carbonyl (C=O) groups is 1. The Hall–Kier alpha value is -0.540. The third kappa shape index (κ3) is 3.84. The van der Waals surface area contributed by atoms with Crippen LogP contribution in [0.1, 0.15) is 24.3 Å². The predicted octanol–water partition coefficient (Wildman–Crippen LogP) is 3.68. The van der Waals surface area contributed by atoms with Crippen LogP contribution in [0.15, 0.2) is 24.3 Å². The lowest BCUT2D eigenvalue weighted by atomic mass is 9.95. The quantitative estimate of drug-likeness (QED) is 0.840. The average molecular weight is 292 g/mol. The second kappa shape index (κ2) is 6.13. The zero-order chi connectivity index (χ0) is 11.3. The van der Waals surface area contributed by atoms with E-state index in [4.69, 9.17) is 16.7 Å². The third-order valence-electron chi connectivity index (χ3n) is 2.20. The van der Waals surface area contributed by atoms with Gasteiger partial charge in [-0.15, -0.1) is 0 Å². The maximum absolute atomic E-state index is 11.0. The summed E-state index contributed by atoms with van der Waals surface area (Å²) in [6.07, 6.45) is 1.49. The average Bonchev–Trinajstić information content (AvgIpc) is 2.21. The van der Waals surface area contributed by atoms with Gasteiger partial charge in [0.2, 0.25) is 0 Å². The van der Waals surface area contributed by atoms with Crippen molar-refractivity contribution in [3.05, 3.63) is 34.9 Å². The molecule has 0 fully saturated rings. The van der Waals surface area contributed by atoms with Gasteiger partial charge < -0.3 is 5.11 Å². The van der Waals surface area contributed by atoms with Crippen LogP contribution in [0.4, 0.5) is 0 Å². The molecule has 0 aliphatic carbocycles. The van der Waals surface area contributed by atoms with E-state index in [1.807, 2.05) is 0 Å². The summed E-state index contributed by atoms with van der Waals surface area (Å²) in [5, 5.41) is 10.5. The van der Waals surface area contributed by atoms with E-state index in [1.165, 1.54) is 0 Å². The van der Waals surface area contributed by atoms with Crippen LogP contribution in [0, 0.1) is 0 Å². The molecule has 0 aromatic heterocycles. The molecule has 0 heterocycles. The molecule has 0 radical (unpaired) electrons. The molecule has 15 heavy (non-hydrogen) atoms. The first kappa shape index (κ1) is 12.5. The van der Waals surface area contributed by atoms with E-state index in [1.54, 1.807) is 24.3 Å². The van der Waals surface area contributed by atoms with E-state index in [-0.39, 0.29) is 0 Å². The van der Waals surface area contributed by atoms with E-state index in [0.717, 1.165) is 17.3 Å². The summed E-state index contributed by atoms with van der Waals surface area (Å²) in [6, 6.07) is 6.99. The predicted molar refractivity (Wildman–Crippen MR) is 64.9 cm³/mol. The Bertz CT molecular complexity index is 324. The fraction of sp³-hybridized carbons (Fsp3) is 0.364. The summed E-state index contributed by atoms with van der Waals surface area (Å²) >= 11 is 9.04. The van der Waals surface area contributed by atoms with Gasteiger partial charge in [-0.25, -0.2) is 0 Å². The minimum Gasteiger partial charge on any atom is -0.481 e. The molecule has 0 saturated heterocycles. The van der Waals surface area contributed by atoms with Crippen molar-refractivity contribution in [1.29, 1.82) is 0 Å². The highest BCUT2D eigenvalue weighted by molar-refractivity contribution is 9.09. The minimum atomic E-state index is -0.779. The van der Waals surface area contributed by atoms with Gasteiger partial charge in [-0.3, -0.25) is 4.79 Å². The summed E-state index contributed by atoms with van der Waals surface area (Å²) in [5.74, 6) is -1.21. The number of alkyl halides is 1. The molecule has 0 amide bonds. The van der Waals surface area contributed by atoms with Gasteiger partial charge in [0.15, 0.2) is 0 Å². The van der Waals surface area contributed by atoms with Crippen molar-refractivity contribution in [2.75, 3.05) is 5.33 Å². The molecule has 1 atom stereocenters.